The number of para-hydroxylation sites is 2. The van der Waals surface area contributed by atoms with Crippen molar-refractivity contribution in [2.24, 2.45) is 0 Å². The molecule has 174 valence electrons. The second-order valence-corrected chi connectivity index (χ2v) is 9.49. The quantitative estimate of drug-likeness (QED) is 0.371. The first-order valence-corrected chi connectivity index (χ1v) is 12.5. The Kier molecular flexibility index (Phi) is 5.81. The summed E-state index contributed by atoms with van der Waals surface area (Å²) in [6.45, 7) is 3.70. The van der Waals surface area contributed by atoms with Crippen LogP contribution in [-0.4, -0.2) is 61.6 Å². The highest BCUT2D eigenvalue weighted by atomic mass is 32.1. The van der Waals surface area contributed by atoms with E-state index < -0.39 is 0 Å². The molecule has 35 heavy (non-hydrogen) atoms. The standard InChI is InChI=1S/C27H24N6OS/c34-27(25-29-26(23-12-6-18-35-23)33(30-25)22-10-2-1-3-11-22)32-16-14-31(15-17-32)19-21-8-4-7-20-9-5-13-28-24(20)21/h1-13,18H,14-17,19H2. The van der Waals surface area contributed by atoms with Crippen LogP contribution in [-0.2, 0) is 6.54 Å². The van der Waals surface area contributed by atoms with Crippen LogP contribution in [0.4, 0.5) is 0 Å². The molecule has 1 aliphatic rings. The third kappa shape index (κ3) is 4.34. The molecular weight excluding hydrogens is 456 g/mol. The van der Waals surface area contributed by atoms with E-state index in [-0.39, 0.29) is 11.7 Å². The second-order valence-electron chi connectivity index (χ2n) is 8.54. The van der Waals surface area contributed by atoms with E-state index in [1.807, 2.05) is 65.0 Å². The van der Waals surface area contributed by atoms with Crippen LogP contribution in [0.3, 0.4) is 0 Å². The molecule has 7 nitrogen and oxygen atoms in total. The molecule has 4 heterocycles. The van der Waals surface area contributed by atoms with Gasteiger partial charge in [-0.05, 0) is 35.2 Å². The Labute approximate surface area is 207 Å². The number of carbonyl (C=O) groups excluding carboxylic acids is 1. The van der Waals surface area contributed by atoms with Crippen molar-refractivity contribution in [3.05, 3.63) is 95.8 Å². The fourth-order valence-corrected chi connectivity index (χ4v) is 5.20. The maximum absolute atomic E-state index is 13.4. The summed E-state index contributed by atoms with van der Waals surface area (Å²) >= 11 is 1.59. The smallest absolute Gasteiger partial charge is 0.293 e. The van der Waals surface area contributed by atoms with Gasteiger partial charge in [0, 0.05) is 44.3 Å². The van der Waals surface area contributed by atoms with Gasteiger partial charge in [-0.1, -0.05) is 48.5 Å². The van der Waals surface area contributed by atoms with Crippen LogP contribution in [0.1, 0.15) is 16.2 Å². The fraction of sp³-hybridized carbons (Fsp3) is 0.185. The minimum atomic E-state index is -0.121. The van der Waals surface area contributed by atoms with Gasteiger partial charge >= 0.3 is 0 Å². The van der Waals surface area contributed by atoms with E-state index in [1.54, 1.807) is 16.0 Å². The Morgan fingerprint density at radius 1 is 0.886 bits per heavy atom. The minimum Gasteiger partial charge on any atom is -0.333 e. The Morgan fingerprint density at radius 3 is 2.51 bits per heavy atom. The number of benzene rings is 2. The van der Waals surface area contributed by atoms with Crippen LogP contribution in [0.15, 0.2) is 84.4 Å². The van der Waals surface area contributed by atoms with Crippen LogP contribution in [0.25, 0.3) is 27.3 Å². The van der Waals surface area contributed by atoms with Crippen LogP contribution >= 0.6 is 11.3 Å². The predicted octanol–water partition coefficient (Wildman–Crippen LogP) is 4.50. The summed E-state index contributed by atoms with van der Waals surface area (Å²) in [5.74, 6) is 0.810. The maximum atomic E-state index is 13.4. The number of fused-ring (bicyclic) bond motifs is 1. The van der Waals surface area contributed by atoms with Crippen LogP contribution in [0.2, 0.25) is 0 Å². The van der Waals surface area contributed by atoms with E-state index in [1.165, 1.54) is 5.56 Å². The zero-order valence-corrected chi connectivity index (χ0v) is 19.9. The average molecular weight is 481 g/mol. The summed E-state index contributed by atoms with van der Waals surface area (Å²) in [5, 5.41) is 7.79. The molecule has 3 aromatic heterocycles. The normalized spacial score (nSPS) is 14.5. The molecule has 8 heteroatoms. The van der Waals surface area contributed by atoms with Crippen molar-refractivity contribution < 1.29 is 4.79 Å². The van der Waals surface area contributed by atoms with Crippen LogP contribution in [0, 0.1) is 0 Å². The summed E-state index contributed by atoms with van der Waals surface area (Å²) in [5.41, 5.74) is 3.15. The molecule has 1 saturated heterocycles. The van der Waals surface area contributed by atoms with Gasteiger partial charge in [0.15, 0.2) is 5.82 Å². The topological polar surface area (TPSA) is 67.2 Å². The summed E-state index contributed by atoms with van der Waals surface area (Å²) in [6.07, 6.45) is 1.84. The van der Waals surface area contributed by atoms with Gasteiger partial charge in [0.25, 0.3) is 5.91 Å². The highest BCUT2D eigenvalue weighted by Gasteiger charge is 2.27. The van der Waals surface area contributed by atoms with Gasteiger partial charge in [0.2, 0.25) is 5.82 Å². The van der Waals surface area contributed by atoms with E-state index in [4.69, 9.17) is 0 Å². The Hall–Kier alpha value is -3.88. The number of amides is 1. The number of pyridine rings is 1. The fourth-order valence-electron chi connectivity index (χ4n) is 4.50. The Bertz CT molecular complexity index is 1450. The third-order valence-corrected chi connectivity index (χ3v) is 7.18. The number of hydrogen-bond donors (Lipinski definition) is 0. The number of carbonyl (C=O) groups is 1. The molecule has 0 bridgehead atoms. The first kappa shape index (κ1) is 21.6. The second kappa shape index (κ2) is 9.40. The molecule has 0 radical (unpaired) electrons. The van der Waals surface area contributed by atoms with Gasteiger partial charge < -0.3 is 4.90 Å². The maximum Gasteiger partial charge on any atom is 0.293 e. The lowest BCUT2D eigenvalue weighted by atomic mass is 10.1. The summed E-state index contributed by atoms with van der Waals surface area (Å²) in [6, 6.07) is 24.2. The average Bonchev–Trinajstić information content (AvgIpc) is 3.60. The molecule has 1 fully saturated rings. The molecule has 6 rings (SSSR count). The molecular formula is C27H24N6OS. The zero-order valence-electron chi connectivity index (χ0n) is 19.1. The lowest BCUT2D eigenvalue weighted by Gasteiger charge is -2.34. The number of nitrogens with zero attached hydrogens (tertiary/aromatic N) is 6. The highest BCUT2D eigenvalue weighted by molar-refractivity contribution is 7.13. The number of hydrogen-bond acceptors (Lipinski definition) is 6. The molecule has 0 unspecified atom stereocenters. The Balaban J connectivity index is 1.18. The minimum absolute atomic E-state index is 0.121. The summed E-state index contributed by atoms with van der Waals surface area (Å²) in [4.78, 5) is 27.8. The summed E-state index contributed by atoms with van der Waals surface area (Å²) in [7, 11) is 0. The lowest BCUT2D eigenvalue weighted by molar-refractivity contribution is 0.0617. The van der Waals surface area contributed by atoms with Gasteiger partial charge in [-0.15, -0.1) is 16.4 Å². The van der Waals surface area contributed by atoms with E-state index in [2.05, 4.69) is 44.2 Å². The first-order valence-electron chi connectivity index (χ1n) is 11.7. The van der Waals surface area contributed by atoms with E-state index in [9.17, 15) is 4.79 Å². The molecule has 1 amide bonds. The molecule has 5 aromatic rings. The van der Waals surface area contributed by atoms with Crippen molar-refractivity contribution in [3.8, 4) is 16.4 Å². The number of piperazine rings is 1. The van der Waals surface area contributed by atoms with Crippen molar-refractivity contribution >= 4 is 28.1 Å². The number of thiophene rings is 1. The van der Waals surface area contributed by atoms with E-state index in [0.29, 0.717) is 18.9 Å². The van der Waals surface area contributed by atoms with Gasteiger partial charge in [0.05, 0.1) is 16.1 Å². The molecule has 0 spiro atoms. The van der Waals surface area contributed by atoms with Crippen molar-refractivity contribution in [2.75, 3.05) is 26.2 Å². The zero-order chi connectivity index (χ0) is 23.6. The van der Waals surface area contributed by atoms with E-state index >= 15 is 0 Å². The summed E-state index contributed by atoms with van der Waals surface area (Å²) < 4.78 is 1.77. The van der Waals surface area contributed by atoms with Crippen molar-refractivity contribution in [2.45, 2.75) is 6.54 Å². The van der Waals surface area contributed by atoms with Crippen molar-refractivity contribution in [3.63, 3.8) is 0 Å². The largest absolute Gasteiger partial charge is 0.333 e. The molecule has 2 aromatic carbocycles. The van der Waals surface area contributed by atoms with Gasteiger partial charge in [-0.2, -0.15) is 0 Å². The molecule has 1 aliphatic heterocycles. The van der Waals surface area contributed by atoms with Gasteiger partial charge in [0.1, 0.15) is 0 Å². The molecule has 0 saturated carbocycles. The van der Waals surface area contributed by atoms with Gasteiger partial charge in [-0.3, -0.25) is 14.7 Å². The first-order chi connectivity index (χ1) is 17.3. The third-order valence-electron chi connectivity index (χ3n) is 6.31. The van der Waals surface area contributed by atoms with Crippen molar-refractivity contribution in [1.29, 1.82) is 0 Å². The molecule has 0 N–H and O–H groups in total. The van der Waals surface area contributed by atoms with Crippen molar-refractivity contribution in [1.82, 2.24) is 29.5 Å². The number of rotatable bonds is 5. The number of aromatic nitrogens is 4. The predicted molar refractivity (Wildman–Crippen MR) is 138 cm³/mol. The highest BCUT2D eigenvalue weighted by Crippen LogP contribution is 2.26. The van der Waals surface area contributed by atoms with E-state index in [0.717, 1.165) is 41.1 Å². The Morgan fingerprint density at radius 2 is 1.71 bits per heavy atom. The monoisotopic (exact) mass is 480 g/mol. The molecule has 0 aliphatic carbocycles. The van der Waals surface area contributed by atoms with Crippen LogP contribution < -0.4 is 0 Å². The SMILES string of the molecule is O=C(c1nc(-c2cccs2)n(-c2ccccc2)n1)N1CCN(Cc2cccc3cccnc23)CC1. The lowest BCUT2D eigenvalue weighted by Crippen LogP contribution is -2.48. The van der Waals surface area contributed by atoms with Gasteiger partial charge in [-0.25, -0.2) is 9.67 Å². The van der Waals surface area contributed by atoms with Crippen LogP contribution in [0.5, 0.6) is 0 Å². The molecule has 0 atom stereocenters.